The van der Waals surface area contributed by atoms with Crippen molar-refractivity contribution in [3.63, 3.8) is 0 Å². The highest BCUT2D eigenvalue weighted by molar-refractivity contribution is 5.72. The molecule has 1 aromatic heterocycles. The quantitative estimate of drug-likeness (QED) is 0.731. The molecule has 0 spiro atoms. The second-order valence-corrected chi connectivity index (χ2v) is 5.63. The average Bonchev–Trinajstić information content (AvgIpc) is 2.57. The molecule has 1 heterocycles. The number of rotatable bonds is 3. The zero-order valence-corrected chi connectivity index (χ0v) is 13.5. The summed E-state index contributed by atoms with van der Waals surface area (Å²) in [4.78, 5) is 12.9. The average molecular weight is 305 g/mol. The lowest BCUT2D eigenvalue weighted by molar-refractivity contribution is 0.412. The van der Waals surface area contributed by atoms with Crippen molar-refractivity contribution in [1.29, 1.82) is 0 Å². The SMILES string of the molecule is COc1ccc(-c2cn(C)cc(-c3ccccc3)c2=O)cc1C. The van der Waals surface area contributed by atoms with Crippen molar-refractivity contribution in [1.82, 2.24) is 4.57 Å². The number of methoxy groups -OCH3 is 1. The zero-order valence-electron chi connectivity index (χ0n) is 13.5. The largest absolute Gasteiger partial charge is 0.496 e. The summed E-state index contributed by atoms with van der Waals surface area (Å²) in [6.07, 6.45) is 3.74. The van der Waals surface area contributed by atoms with Crippen LogP contribution in [0.4, 0.5) is 0 Å². The molecular formula is C20H19NO2. The molecule has 0 fully saturated rings. The molecule has 0 amide bonds. The third kappa shape index (κ3) is 2.90. The van der Waals surface area contributed by atoms with E-state index in [1.807, 2.05) is 79.5 Å². The van der Waals surface area contributed by atoms with Gasteiger partial charge in [0.25, 0.3) is 0 Å². The lowest BCUT2D eigenvalue weighted by atomic mass is 9.99. The number of aromatic nitrogens is 1. The van der Waals surface area contributed by atoms with Gasteiger partial charge in [-0.15, -0.1) is 0 Å². The molecule has 0 bridgehead atoms. The van der Waals surface area contributed by atoms with E-state index in [0.717, 1.165) is 22.4 Å². The third-order valence-electron chi connectivity index (χ3n) is 3.95. The van der Waals surface area contributed by atoms with Gasteiger partial charge in [-0.25, -0.2) is 0 Å². The number of ether oxygens (including phenoxy) is 1. The van der Waals surface area contributed by atoms with Gasteiger partial charge in [-0.2, -0.15) is 0 Å². The summed E-state index contributed by atoms with van der Waals surface area (Å²) in [7, 11) is 3.59. The van der Waals surface area contributed by atoms with Gasteiger partial charge < -0.3 is 9.30 Å². The van der Waals surface area contributed by atoms with E-state index in [-0.39, 0.29) is 5.43 Å². The van der Waals surface area contributed by atoms with Crippen LogP contribution >= 0.6 is 0 Å². The Hall–Kier alpha value is -2.81. The Kier molecular flexibility index (Phi) is 4.02. The maximum absolute atomic E-state index is 12.9. The molecule has 0 aliphatic heterocycles. The van der Waals surface area contributed by atoms with Crippen LogP contribution in [-0.2, 0) is 7.05 Å². The fourth-order valence-corrected chi connectivity index (χ4v) is 2.78. The fourth-order valence-electron chi connectivity index (χ4n) is 2.78. The van der Waals surface area contributed by atoms with Crippen LogP contribution in [0, 0.1) is 6.92 Å². The van der Waals surface area contributed by atoms with Crippen molar-refractivity contribution in [2.75, 3.05) is 7.11 Å². The molecular weight excluding hydrogens is 286 g/mol. The van der Waals surface area contributed by atoms with Gasteiger partial charge >= 0.3 is 0 Å². The van der Waals surface area contributed by atoms with Crippen molar-refractivity contribution >= 4 is 0 Å². The minimum Gasteiger partial charge on any atom is -0.496 e. The molecule has 0 N–H and O–H groups in total. The van der Waals surface area contributed by atoms with Crippen LogP contribution in [0.25, 0.3) is 22.3 Å². The van der Waals surface area contributed by atoms with E-state index in [0.29, 0.717) is 11.1 Å². The molecule has 0 saturated heterocycles. The van der Waals surface area contributed by atoms with Crippen LogP contribution in [0.1, 0.15) is 5.56 Å². The van der Waals surface area contributed by atoms with E-state index < -0.39 is 0 Å². The van der Waals surface area contributed by atoms with Gasteiger partial charge in [-0.3, -0.25) is 4.79 Å². The summed E-state index contributed by atoms with van der Waals surface area (Å²) in [5.41, 5.74) is 4.29. The van der Waals surface area contributed by atoms with Crippen molar-refractivity contribution in [2.45, 2.75) is 6.92 Å². The smallest absolute Gasteiger partial charge is 0.197 e. The summed E-state index contributed by atoms with van der Waals surface area (Å²) in [5, 5.41) is 0. The number of hydrogen-bond donors (Lipinski definition) is 0. The Balaban J connectivity index is 2.20. The Morgan fingerprint density at radius 2 is 1.57 bits per heavy atom. The summed E-state index contributed by atoms with van der Waals surface area (Å²) < 4.78 is 7.23. The Bertz CT molecular complexity index is 895. The molecule has 0 aliphatic carbocycles. The number of nitrogens with zero attached hydrogens (tertiary/aromatic N) is 1. The number of benzene rings is 2. The van der Waals surface area contributed by atoms with Gasteiger partial charge in [0, 0.05) is 30.6 Å². The monoisotopic (exact) mass is 305 g/mol. The highest BCUT2D eigenvalue weighted by atomic mass is 16.5. The molecule has 0 aliphatic rings. The molecule has 0 saturated carbocycles. The Morgan fingerprint density at radius 3 is 2.17 bits per heavy atom. The minimum absolute atomic E-state index is 0.0406. The zero-order chi connectivity index (χ0) is 16.4. The lowest BCUT2D eigenvalue weighted by Gasteiger charge is -2.11. The molecule has 0 atom stereocenters. The van der Waals surface area contributed by atoms with Crippen LogP contribution in [0.15, 0.2) is 65.7 Å². The lowest BCUT2D eigenvalue weighted by Crippen LogP contribution is -2.11. The highest BCUT2D eigenvalue weighted by Gasteiger charge is 2.11. The van der Waals surface area contributed by atoms with Gasteiger partial charge in [-0.1, -0.05) is 36.4 Å². The summed E-state index contributed by atoms with van der Waals surface area (Å²) in [6, 6.07) is 15.6. The van der Waals surface area contributed by atoms with E-state index >= 15 is 0 Å². The normalized spacial score (nSPS) is 10.6. The second kappa shape index (κ2) is 6.13. The van der Waals surface area contributed by atoms with Crippen molar-refractivity contribution in [3.8, 4) is 28.0 Å². The summed E-state index contributed by atoms with van der Waals surface area (Å²) in [6.45, 7) is 1.98. The highest BCUT2D eigenvalue weighted by Crippen LogP contribution is 2.25. The minimum atomic E-state index is 0.0406. The maximum atomic E-state index is 12.9. The number of hydrogen-bond acceptors (Lipinski definition) is 2. The molecule has 0 radical (unpaired) electrons. The van der Waals surface area contributed by atoms with Crippen LogP contribution < -0.4 is 10.2 Å². The number of aryl methyl sites for hydroxylation is 2. The molecule has 3 rings (SSSR count). The van der Waals surface area contributed by atoms with Crippen molar-refractivity contribution < 1.29 is 4.74 Å². The Morgan fingerprint density at radius 1 is 0.913 bits per heavy atom. The molecule has 2 aromatic carbocycles. The van der Waals surface area contributed by atoms with Crippen molar-refractivity contribution in [3.05, 3.63) is 76.7 Å². The summed E-state index contributed by atoms with van der Waals surface area (Å²) in [5.74, 6) is 0.824. The van der Waals surface area contributed by atoms with E-state index in [9.17, 15) is 4.79 Å². The summed E-state index contributed by atoms with van der Waals surface area (Å²) >= 11 is 0. The topological polar surface area (TPSA) is 31.2 Å². The molecule has 3 nitrogen and oxygen atoms in total. The van der Waals surface area contributed by atoms with E-state index in [4.69, 9.17) is 4.74 Å². The molecule has 23 heavy (non-hydrogen) atoms. The van der Waals surface area contributed by atoms with Gasteiger partial charge in [0.2, 0.25) is 0 Å². The van der Waals surface area contributed by atoms with Gasteiger partial charge in [0.1, 0.15) is 5.75 Å². The van der Waals surface area contributed by atoms with E-state index in [1.54, 1.807) is 7.11 Å². The second-order valence-electron chi connectivity index (χ2n) is 5.63. The first-order valence-electron chi connectivity index (χ1n) is 7.51. The fraction of sp³-hybridized carbons (Fsp3) is 0.150. The first kappa shape index (κ1) is 15.1. The maximum Gasteiger partial charge on any atom is 0.197 e. The van der Waals surface area contributed by atoms with Gasteiger partial charge in [-0.05, 0) is 35.7 Å². The van der Waals surface area contributed by atoms with Crippen molar-refractivity contribution in [2.24, 2.45) is 7.05 Å². The van der Waals surface area contributed by atoms with E-state index in [2.05, 4.69) is 0 Å². The first-order chi connectivity index (χ1) is 11.1. The van der Waals surface area contributed by atoms with E-state index in [1.165, 1.54) is 0 Å². The number of pyridine rings is 1. The first-order valence-corrected chi connectivity index (χ1v) is 7.51. The van der Waals surface area contributed by atoms with Crippen LogP contribution in [0.3, 0.4) is 0 Å². The predicted molar refractivity (Wildman–Crippen MR) is 93.8 cm³/mol. The standard InChI is InChI=1S/C20H19NO2/c1-14-11-16(9-10-19(14)23-3)18-13-21(2)12-17(20(18)22)15-7-5-4-6-8-15/h4-13H,1-3H3. The van der Waals surface area contributed by atoms with Crippen LogP contribution in [0.2, 0.25) is 0 Å². The van der Waals surface area contributed by atoms with Crippen LogP contribution in [-0.4, -0.2) is 11.7 Å². The third-order valence-corrected chi connectivity index (χ3v) is 3.95. The Labute approximate surface area is 135 Å². The van der Waals surface area contributed by atoms with Gasteiger partial charge in [0.05, 0.1) is 7.11 Å². The molecule has 116 valence electrons. The van der Waals surface area contributed by atoms with Gasteiger partial charge in [0.15, 0.2) is 5.43 Å². The molecule has 3 heteroatoms. The van der Waals surface area contributed by atoms with Crippen LogP contribution in [0.5, 0.6) is 5.75 Å². The predicted octanol–water partition coefficient (Wildman–Crippen LogP) is 4.04. The molecule has 0 unspecified atom stereocenters. The molecule has 3 aromatic rings.